The number of rotatable bonds is 19. The van der Waals surface area contributed by atoms with Crippen LogP contribution in [0.2, 0.25) is 0 Å². The Hall–Kier alpha value is -0.163. The molecule has 4 heteroatoms. The molecule has 0 aromatic rings. The fraction of sp³-hybridized carbons (Fsp3) is 0.905. The largest absolute Gasteiger partial charge is 0.528 e. The van der Waals surface area contributed by atoms with Crippen LogP contribution in [0.3, 0.4) is 0 Å². The minimum Gasteiger partial charge on any atom is -0.374 e. The van der Waals surface area contributed by atoms with Gasteiger partial charge in [-0.3, -0.25) is 0 Å². The highest BCUT2D eigenvalue weighted by Crippen LogP contribution is 2.14. The molecule has 0 spiro atoms. The molecule has 25 heavy (non-hydrogen) atoms. The molecule has 0 atom stereocenters. The van der Waals surface area contributed by atoms with Gasteiger partial charge in [-0.25, -0.2) is 0 Å². The zero-order valence-electron chi connectivity index (χ0n) is 17.5. The van der Waals surface area contributed by atoms with Crippen LogP contribution in [-0.4, -0.2) is 30.1 Å². The van der Waals surface area contributed by atoms with Crippen molar-refractivity contribution in [1.82, 2.24) is 0 Å². The molecule has 3 nitrogen and oxygen atoms in total. The molecule has 0 aromatic heterocycles. The maximum absolute atomic E-state index is 5.37. The molecule has 0 heterocycles. The Balaban J connectivity index is 3.31. The summed E-state index contributed by atoms with van der Waals surface area (Å²) in [5, 5.41) is 0. The number of unbranched alkanes of at least 4 members (excludes halogenated alkanes) is 14. The van der Waals surface area contributed by atoms with E-state index in [1.807, 2.05) is 5.70 Å². The Bertz CT molecular complexity index is 283. The quantitative estimate of drug-likeness (QED) is 0.184. The first-order valence-corrected chi connectivity index (χ1v) is 12.4. The molecule has 0 amide bonds. The van der Waals surface area contributed by atoms with Crippen molar-refractivity contribution in [2.75, 3.05) is 21.3 Å². The van der Waals surface area contributed by atoms with Gasteiger partial charge in [-0.2, -0.15) is 0 Å². The maximum Gasteiger partial charge on any atom is 0.528 e. The summed E-state index contributed by atoms with van der Waals surface area (Å²) in [6, 6.07) is 0. The van der Waals surface area contributed by atoms with Crippen molar-refractivity contribution in [3.63, 3.8) is 0 Å². The summed E-state index contributed by atoms with van der Waals surface area (Å²) in [5.74, 6) is 0. The summed E-state index contributed by atoms with van der Waals surface area (Å²) in [6.45, 7) is 2.28. The lowest BCUT2D eigenvalue weighted by molar-refractivity contribution is 0.138. The van der Waals surface area contributed by atoms with Crippen LogP contribution in [0.25, 0.3) is 0 Å². The van der Waals surface area contributed by atoms with Gasteiger partial charge in [0.2, 0.25) is 0 Å². The van der Waals surface area contributed by atoms with Gasteiger partial charge in [0.05, 0.1) is 0 Å². The average Bonchev–Trinajstić information content (AvgIpc) is 2.65. The second-order valence-electron chi connectivity index (χ2n) is 7.00. The Kier molecular flexibility index (Phi) is 18.5. The monoisotopic (exact) mass is 372 g/mol. The van der Waals surface area contributed by atoms with E-state index in [0.29, 0.717) is 0 Å². The summed E-state index contributed by atoms with van der Waals surface area (Å²) in [4.78, 5) is 0. The van der Waals surface area contributed by atoms with E-state index in [2.05, 4.69) is 13.0 Å². The number of hydrogen-bond acceptors (Lipinski definition) is 3. The molecule has 0 aliphatic carbocycles. The van der Waals surface area contributed by atoms with Crippen LogP contribution < -0.4 is 0 Å². The van der Waals surface area contributed by atoms with E-state index in [1.54, 1.807) is 21.3 Å². The van der Waals surface area contributed by atoms with Gasteiger partial charge in [0.25, 0.3) is 0 Å². The molecule has 0 radical (unpaired) electrons. The van der Waals surface area contributed by atoms with Crippen LogP contribution in [0.4, 0.5) is 0 Å². The zero-order chi connectivity index (χ0) is 18.6. The van der Waals surface area contributed by atoms with E-state index in [9.17, 15) is 0 Å². The van der Waals surface area contributed by atoms with Gasteiger partial charge in [0.1, 0.15) is 0 Å². The number of hydrogen-bond donors (Lipinski definition) is 0. The molecule has 0 saturated carbocycles. The molecule has 150 valence electrons. The van der Waals surface area contributed by atoms with Gasteiger partial charge in [-0.15, -0.1) is 0 Å². The predicted octanol–water partition coefficient (Wildman–Crippen LogP) is 6.83. The van der Waals surface area contributed by atoms with Crippen molar-refractivity contribution in [2.24, 2.45) is 0 Å². The lowest BCUT2D eigenvalue weighted by Gasteiger charge is -2.20. The van der Waals surface area contributed by atoms with Crippen molar-refractivity contribution < 1.29 is 13.3 Å². The Labute approximate surface area is 158 Å². The van der Waals surface area contributed by atoms with Crippen molar-refractivity contribution in [2.45, 2.75) is 103 Å². The van der Waals surface area contributed by atoms with Crippen LogP contribution in [0, 0.1) is 0 Å². The molecule has 0 aliphatic rings. The van der Waals surface area contributed by atoms with E-state index in [-0.39, 0.29) is 0 Å². The normalized spacial score (nSPS) is 12.3. The third-order valence-electron chi connectivity index (χ3n) is 4.90. The molecular weight excluding hydrogens is 328 g/mol. The van der Waals surface area contributed by atoms with Crippen LogP contribution >= 0.6 is 0 Å². The molecule has 0 bridgehead atoms. The van der Waals surface area contributed by atoms with Gasteiger partial charge in [-0.05, 0) is 18.5 Å². The highest BCUT2D eigenvalue weighted by atomic mass is 28.4. The van der Waals surface area contributed by atoms with Crippen molar-refractivity contribution >= 4 is 8.80 Å². The first-order chi connectivity index (χ1) is 12.2. The summed E-state index contributed by atoms with van der Waals surface area (Å²) in [6.07, 6.45) is 22.9. The Morgan fingerprint density at radius 3 is 1.28 bits per heavy atom. The fourth-order valence-corrected chi connectivity index (χ4v) is 4.50. The molecule has 0 aromatic carbocycles. The van der Waals surface area contributed by atoms with Crippen LogP contribution in [0.1, 0.15) is 103 Å². The minimum atomic E-state index is -2.51. The highest BCUT2D eigenvalue weighted by Gasteiger charge is 2.33. The second kappa shape index (κ2) is 18.6. The lowest BCUT2D eigenvalue weighted by atomic mass is 10.0. The van der Waals surface area contributed by atoms with E-state index in [4.69, 9.17) is 13.3 Å². The van der Waals surface area contributed by atoms with Gasteiger partial charge in [-0.1, -0.05) is 96.5 Å². The molecule has 0 N–H and O–H groups in total. The van der Waals surface area contributed by atoms with Gasteiger partial charge in [0, 0.05) is 21.3 Å². The van der Waals surface area contributed by atoms with Crippen LogP contribution in [-0.2, 0) is 13.3 Å². The number of allylic oxidation sites excluding steroid dienone is 1. The minimum absolute atomic E-state index is 1.09. The molecule has 0 aliphatic heterocycles. The molecule has 0 rings (SSSR count). The van der Waals surface area contributed by atoms with E-state index >= 15 is 0 Å². The molecule has 0 fully saturated rings. The van der Waals surface area contributed by atoms with Crippen LogP contribution in [0.15, 0.2) is 11.8 Å². The molecule has 0 unspecified atom stereocenters. The Morgan fingerprint density at radius 1 is 0.560 bits per heavy atom. The van der Waals surface area contributed by atoms with Gasteiger partial charge < -0.3 is 13.3 Å². The van der Waals surface area contributed by atoms with E-state index in [0.717, 1.165) is 6.42 Å². The van der Waals surface area contributed by atoms with Crippen molar-refractivity contribution in [3.8, 4) is 0 Å². The predicted molar refractivity (Wildman–Crippen MR) is 111 cm³/mol. The first kappa shape index (κ1) is 24.8. The van der Waals surface area contributed by atoms with Crippen molar-refractivity contribution in [3.05, 3.63) is 11.8 Å². The fourth-order valence-electron chi connectivity index (χ4n) is 3.14. The van der Waals surface area contributed by atoms with Crippen molar-refractivity contribution in [1.29, 1.82) is 0 Å². The van der Waals surface area contributed by atoms with E-state index in [1.165, 1.54) is 89.9 Å². The van der Waals surface area contributed by atoms with Crippen LogP contribution in [0.5, 0.6) is 0 Å². The Morgan fingerprint density at radius 2 is 0.920 bits per heavy atom. The molecular formula is C21H44O3Si. The smallest absolute Gasteiger partial charge is 0.374 e. The standard InChI is InChI=1S/C21H44O3Si/c1-5-6-7-8-9-10-11-12-13-14-15-16-17-18-19-20-21-25(22-2,23-3)24-4/h20-21H,5-19H2,1-4H3/b21-20+. The van der Waals surface area contributed by atoms with Gasteiger partial charge in [0.15, 0.2) is 0 Å². The van der Waals surface area contributed by atoms with E-state index < -0.39 is 8.80 Å². The summed E-state index contributed by atoms with van der Waals surface area (Å²) < 4.78 is 16.1. The lowest BCUT2D eigenvalue weighted by Crippen LogP contribution is -2.40. The second-order valence-corrected chi connectivity index (χ2v) is 9.77. The summed E-state index contributed by atoms with van der Waals surface area (Å²) in [5.41, 5.74) is 2.00. The maximum atomic E-state index is 5.37. The summed E-state index contributed by atoms with van der Waals surface area (Å²) >= 11 is 0. The highest BCUT2D eigenvalue weighted by molar-refractivity contribution is 6.66. The topological polar surface area (TPSA) is 27.7 Å². The first-order valence-electron chi connectivity index (χ1n) is 10.6. The third kappa shape index (κ3) is 14.7. The summed E-state index contributed by atoms with van der Waals surface area (Å²) in [7, 11) is 2.44. The zero-order valence-corrected chi connectivity index (χ0v) is 18.5. The average molecular weight is 373 g/mol. The third-order valence-corrected chi connectivity index (χ3v) is 7.25. The van der Waals surface area contributed by atoms with Gasteiger partial charge >= 0.3 is 8.80 Å². The molecule has 0 saturated heterocycles. The SMILES string of the molecule is CCCCCCCCCCCCCCCC/C=C/[Si](OC)(OC)OC.